The topological polar surface area (TPSA) is 49.9 Å². The first-order valence-electron chi connectivity index (χ1n) is 9.70. The summed E-state index contributed by atoms with van der Waals surface area (Å²) in [4.78, 5) is 28.9. The highest BCUT2D eigenvalue weighted by Gasteiger charge is 2.31. The standard InChI is InChI=1S/C23H28N2O3/c1-23(2,3)22(27)25-14-12-24(13-15-25)21(26)19-10-7-11-20(16-19)28-17-18-8-5-4-6-9-18/h4-11,16H,12-15,17H2,1-3H3. The number of amides is 2. The lowest BCUT2D eigenvalue weighted by Gasteiger charge is -2.37. The molecule has 1 fully saturated rings. The summed E-state index contributed by atoms with van der Waals surface area (Å²) in [6.07, 6.45) is 0. The lowest BCUT2D eigenvalue weighted by atomic mass is 9.94. The minimum absolute atomic E-state index is 0.0204. The van der Waals surface area contributed by atoms with Crippen LogP contribution in [0.15, 0.2) is 54.6 Å². The number of nitrogens with zero attached hydrogens (tertiary/aromatic N) is 2. The summed E-state index contributed by atoms with van der Waals surface area (Å²) < 4.78 is 5.83. The molecule has 1 saturated heterocycles. The van der Waals surface area contributed by atoms with Gasteiger partial charge in [0.15, 0.2) is 0 Å². The van der Waals surface area contributed by atoms with Crippen molar-refractivity contribution in [3.63, 3.8) is 0 Å². The molecule has 0 radical (unpaired) electrons. The highest BCUT2D eigenvalue weighted by Crippen LogP contribution is 2.20. The molecule has 5 nitrogen and oxygen atoms in total. The predicted molar refractivity (Wildman–Crippen MR) is 109 cm³/mol. The first-order valence-corrected chi connectivity index (χ1v) is 9.70. The highest BCUT2D eigenvalue weighted by atomic mass is 16.5. The number of ether oxygens (including phenoxy) is 1. The molecule has 1 aliphatic rings. The molecule has 0 aromatic heterocycles. The third-order valence-electron chi connectivity index (χ3n) is 4.83. The summed E-state index contributed by atoms with van der Waals surface area (Å²) in [7, 11) is 0. The zero-order valence-corrected chi connectivity index (χ0v) is 16.9. The summed E-state index contributed by atoms with van der Waals surface area (Å²) in [5, 5.41) is 0. The van der Waals surface area contributed by atoms with Gasteiger partial charge in [0.05, 0.1) is 0 Å². The Bertz CT molecular complexity index is 819. The predicted octanol–water partition coefficient (Wildman–Crippen LogP) is 3.60. The van der Waals surface area contributed by atoms with Gasteiger partial charge in [0.2, 0.25) is 5.91 Å². The number of benzene rings is 2. The SMILES string of the molecule is CC(C)(C)C(=O)N1CCN(C(=O)c2cccc(OCc3ccccc3)c2)CC1. The lowest BCUT2D eigenvalue weighted by Crippen LogP contribution is -2.53. The van der Waals surface area contributed by atoms with Crippen molar-refractivity contribution in [2.24, 2.45) is 5.41 Å². The third-order valence-corrected chi connectivity index (χ3v) is 4.83. The van der Waals surface area contributed by atoms with Crippen molar-refractivity contribution in [3.8, 4) is 5.75 Å². The van der Waals surface area contributed by atoms with Crippen LogP contribution in [0.25, 0.3) is 0 Å². The smallest absolute Gasteiger partial charge is 0.254 e. The normalized spacial score (nSPS) is 14.7. The fraction of sp³-hybridized carbons (Fsp3) is 0.391. The minimum Gasteiger partial charge on any atom is -0.489 e. The molecule has 0 spiro atoms. The van der Waals surface area contributed by atoms with Gasteiger partial charge in [0.25, 0.3) is 5.91 Å². The van der Waals surface area contributed by atoms with Gasteiger partial charge in [-0.05, 0) is 23.8 Å². The summed E-state index contributed by atoms with van der Waals surface area (Å²) in [5.41, 5.74) is 1.30. The Morgan fingerprint density at radius 2 is 1.54 bits per heavy atom. The Hall–Kier alpha value is -2.82. The molecule has 0 N–H and O–H groups in total. The van der Waals surface area contributed by atoms with E-state index in [-0.39, 0.29) is 11.8 Å². The van der Waals surface area contributed by atoms with Crippen molar-refractivity contribution < 1.29 is 14.3 Å². The second-order valence-corrected chi connectivity index (χ2v) is 8.14. The number of carbonyl (C=O) groups is 2. The molecule has 2 aromatic rings. The van der Waals surface area contributed by atoms with Crippen LogP contribution in [-0.2, 0) is 11.4 Å². The average Bonchev–Trinajstić information content (AvgIpc) is 2.71. The quantitative estimate of drug-likeness (QED) is 0.814. The molecule has 1 heterocycles. The van der Waals surface area contributed by atoms with Gasteiger partial charge in [-0.15, -0.1) is 0 Å². The monoisotopic (exact) mass is 380 g/mol. The second-order valence-electron chi connectivity index (χ2n) is 8.14. The van der Waals surface area contributed by atoms with Gasteiger partial charge in [-0.25, -0.2) is 0 Å². The fourth-order valence-corrected chi connectivity index (χ4v) is 3.23. The van der Waals surface area contributed by atoms with E-state index in [4.69, 9.17) is 4.74 Å². The zero-order chi connectivity index (χ0) is 20.1. The van der Waals surface area contributed by atoms with Crippen LogP contribution in [0.5, 0.6) is 5.75 Å². The first kappa shape index (κ1) is 19.9. The van der Waals surface area contributed by atoms with Gasteiger partial charge >= 0.3 is 0 Å². The Morgan fingerprint density at radius 1 is 0.893 bits per heavy atom. The van der Waals surface area contributed by atoms with E-state index in [9.17, 15) is 9.59 Å². The Labute approximate surface area is 166 Å². The van der Waals surface area contributed by atoms with Crippen molar-refractivity contribution in [2.45, 2.75) is 27.4 Å². The van der Waals surface area contributed by atoms with Gasteiger partial charge in [0, 0.05) is 37.2 Å². The van der Waals surface area contributed by atoms with Crippen molar-refractivity contribution in [3.05, 3.63) is 65.7 Å². The van der Waals surface area contributed by atoms with Crippen molar-refractivity contribution in [1.82, 2.24) is 9.80 Å². The van der Waals surface area contributed by atoms with Crippen LogP contribution in [0.3, 0.4) is 0 Å². The van der Waals surface area contributed by atoms with E-state index < -0.39 is 5.41 Å². The Morgan fingerprint density at radius 3 is 2.18 bits per heavy atom. The average molecular weight is 380 g/mol. The van der Waals surface area contributed by atoms with E-state index in [1.54, 1.807) is 6.07 Å². The Kier molecular flexibility index (Phi) is 6.02. The van der Waals surface area contributed by atoms with E-state index in [1.807, 2.05) is 79.1 Å². The van der Waals surface area contributed by atoms with E-state index in [0.29, 0.717) is 44.1 Å². The summed E-state index contributed by atoms with van der Waals surface area (Å²) in [6, 6.07) is 17.2. The molecular weight excluding hydrogens is 352 g/mol. The maximum atomic E-state index is 12.9. The molecule has 0 aliphatic carbocycles. The third kappa shape index (κ3) is 4.91. The molecule has 3 rings (SSSR count). The summed E-state index contributed by atoms with van der Waals surface area (Å²) >= 11 is 0. The van der Waals surface area contributed by atoms with Crippen LogP contribution >= 0.6 is 0 Å². The van der Waals surface area contributed by atoms with E-state index >= 15 is 0 Å². The molecule has 0 saturated carbocycles. The molecule has 5 heteroatoms. The van der Waals surface area contributed by atoms with E-state index in [2.05, 4.69) is 0 Å². The molecule has 0 bridgehead atoms. The molecule has 2 aromatic carbocycles. The van der Waals surface area contributed by atoms with Crippen molar-refractivity contribution in [1.29, 1.82) is 0 Å². The zero-order valence-electron chi connectivity index (χ0n) is 16.9. The minimum atomic E-state index is -0.392. The van der Waals surface area contributed by atoms with Gasteiger partial charge < -0.3 is 14.5 Å². The van der Waals surface area contributed by atoms with Crippen LogP contribution in [-0.4, -0.2) is 47.8 Å². The van der Waals surface area contributed by atoms with Gasteiger partial charge in [-0.1, -0.05) is 57.2 Å². The molecular formula is C23H28N2O3. The van der Waals surface area contributed by atoms with E-state index in [0.717, 1.165) is 5.56 Å². The van der Waals surface area contributed by atoms with Crippen molar-refractivity contribution >= 4 is 11.8 Å². The first-order chi connectivity index (χ1) is 13.3. The lowest BCUT2D eigenvalue weighted by molar-refractivity contribution is -0.140. The molecule has 0 unspecified atom stereocenters. The number of hydrogen-bond donors (Lipinski definition) is 0. The number of hydrogen-bond acceptors (Lipinski definition) is 3. The van der Waals surface area contributed by atoms with Crippen LogP contribution in [0.1, 0.15) is 36.7 Å². The summed E-state index contributed by atoms with van der Waals surface area (Å²) in [6.45, 7) is 8.49. The van der Waals surface area contributed by atoms with Crippen molar-refractivity contribution in [2.75, 3.05) is 26.2 Å². The number of piperazine rings is 1. The van der Waals surface area contributed by atoms with Gasteiger partial charge in [-0.3, -0.25) is 9.59 Å². The van der Waals surface area contributed by atoms with E-state index in [1.165, 1.54) is 0 Å². The molecule has 2 amide bonds. The van der Waals surface area contributed by atoms with Crippen LogP contribution in [0, 0.1) is 5.41 Å². The van der Waals surface area contributed by atoms with Crippen LogP contribution in [0.4, 0.5) is 0 Å². The second kappa shape index (κ2) is 8.46. The fourth-order valence-electron chi connectivity index (χ4n) is 3.23. The molecule has 1 aliphatic heterocycles. The Balaban J connectivity index is 1.58. The maximum Gasteiger partial charge on any atom is 0.254 e. The van der Waals surface area contributed by atoms with Gasteiger partial charge in [0.1, 0.15) is 12.4 Å². The highest BCUT2D eigenvalue weighted by molar-refractivity contribution is 5.94. The molecule has 28 heavy (non-hydrogen) atoms. The van der Waals surface area contributed by atoms with Crippen LogP contribution in [0.2, 0.25) is 0 Å². The molecule has 148 valence electrons. The largest absolute Gasteiger partial charge is 0.489 e. The molecule has 0 atom stereocenters. The van der Waals surface area contributed by atoms with Gasteiger partial charge in [-0.2, -0.15) is 0 Å². The maximum absolute atomic E-state index is 12.9. The number of rotatable bonds is 4. The number of carbonyl (C=O) groups excluding carboxylic acids is 2. The summed E-state index contributed by atoms with van der Waals surface area (Å²) in [5.74, 6) is 0.792. The van der Waals surface area contributed by atoms with Crippen LogP contribution < -0.4 is 4.74 Å².